The molecule has 0 aromatic carbocycles. The molecule has 0 unspecified atom stereocenters. The molecule has 0 spiro atoms. The number of nitrogens with zero attached hydrogens (tertiary/aromatic N) is 2. The number of aromatic nitrogens is 3. The van der Waals surface area contributed by atoms with E-state index in [-0.39, 0.29) is 0 Å². The van der Waals surface area contributed by atoms with Gasteiger partial charge in [0.15, 0.2) is 5.16 Å². The lowest BCUT2D eigenvalue weighted by molar-refractivity contribution is 0.167. The fourth-order valence-corrected chi connectivity index (χ4v) is 1.39. The molecule has 0 radical (unpaired) electrons. The topological polar surface area (TPSA) is 50.8 Å². The number of rotatable bonds is 6. The van der Waals surface area contributed by atoms with Crippen molar-refractivity contribution >= 4 is 24.4 Å². The predicted molar refractivity (Wildman–Crippen MR) is 51.8 cm³/mol. The first kappa shape index (κ1) is 9.88. The summed E-state index contributed by atoms with van der Waals surface area (Å²) in [6.45, 7) is 1.44. The van der Waals surface area contributed by atoms with Gasteiger partial charge in [-0.2, -0.15) is 17.7 Å². The van der Waals surface area contributed by atoms with Crippen molar-refractivity contribution in [2.75, 3.05) is 24.7 Å². The van der Waals surface area contributed by atoms with Gasteiger partial charge in [0.05, 0.1) is 13.2 Å². The Morgan fingerprint density at radius 3 is 3.17 bits per heavy atom. The number of ether oxygens (including phenoxy) is 1. The van der Waals surface area contributed by atoms with Gasteiger partial charge in [0, 0.05) is 11.5 Å². The van der Waals surface area contributed by atoms with Crippen molar-refractivity contribution in [3.63, 3.8) is 0 Å². The van der Waals surface area contributed by atoms with E-state index in [1.807, 2.05) is 0 Å². The maximum absolute atomic E-state index is 5.22. The third-order valence-corrected chi connectivity index (χ3v) is 2.12. The second-order valence-corrected chi connectivity index (χ2v) is 3.51. The number of thiol groups is 1. The standard InChI is InChI=1S/C6H11N3OS2/c11-3-1-10-2-4-12-6-7-5-8-9-6/h5,11H,1-4H2,(H,7,8,9). The fraction of sp³-hybridized carbons (Fsp3) is 0.667. The van der Waals surface area contributed by atoms with E-state index in [4.69, 9.17) is 4.74 Å². The fourth-order valence-electron chi connectivity index (χ4n) is 0.628. The summed E-state index contributed by atoms with van der Waals surface area (Å²) in [7, 11) is 0. The summed E-state index contributed by atoms with van der Waals surface area (Å²) in [4.78, 5) is 3.96. The van der Waals surface area contributed by atoms with Gasteiger partial charge in [0.2, 0.25) is 0 Å². The molecule has 0 saturated heterocycles. The largest absolute Gasteiger partial charge is 0.380 e. The van der Waals surface area contributed by atoms with Gasteiger partial charge in [0.25, 0.3) is 0 Å². The monoisotopic (exact) mass is 205 g/mol. The highest BCUT2D eigenvalue weighted by atomic mass is 32.2. The molecule has 6 heteroatoms. The summed E-state index contributed by atoms with van der Waals surface area (Å²) in [6, 6.07) is 0. The smallest absolute Gasteiger partial charge is 0.183 e. The van der Waals surface area contributed by atoms with Crippen molar-refractivity contribution in [3.8, 4) is 0 Å². The molecule has 0 aliphatic carbocycles. The van der Waals surface area contributed by atoms with Crippen molar-refractivity contribution in [1.29, 1.82) is 0 Å². The molecule has 68 valence electrons. The second kappa shape index (κ2) is 6.33. The predicted octanol–water partition coefficient (Wildman–Crippen LogP) is 0.843. The van der Waals surface area contributed by atoms with Crippen LogP contribution < -0.4 is 0 Å². The molecule has 4 nitrogen and oxygen atoms in total. The average molecular weight is 205 g/mol. The Morgan fingerprint density at radius 2 is 2.50 bits per heavy atom. The quantitative estimate of drug-likeness (QED) is 0.410. The number of H-pyrrole nitrogens is 1. The van der Waals surface area contributed by atoms with E-state index in [9.17, 15) is 0 Å². The summed E-state index contributed by atoms with van der Waals surface area (Å²) in [5.41, 5.74) is 0. The lowest BCUT2D eigenvalue weighted by Crippen LogP contribution is -2.00. The highest BCUT2D eigenvalue weighted by molar-refractivity contribution is 7.99. The third-order valence-electron chi connectivity index (χ3n) is 1.09. The summed E-state index contributed by atoms with van der Waals surface area (Å²) >= 11 is 5.62. The van der Waals surface area contributed by atoms with E-state index >= 15 is 0 Å². The van der Waals surface area contributed by atoms with Crippen LogP contribution in [-0.4, -0.2) is 39.9 Å². The Bertz CT molecular complexity index is 193. The van der Waals surface area contributed by atoms with Crippen LogP contribution in [0.1, 0.15) is 0 Å². The molecule has 0 atom stereocenters. The van der Waals surface area contributed by atoms with E-state index in [1.165, 1.54) is 6.33 Å². The molecule has 1 heterocycles. The zero-order chi connectivity index (χ0) is 8.65. The molecule has 0 bridgehead atoms. The van der Waals surface area contributed by atoms with Crippen molar-refractivity contribution in [1.82, 2.24) is 15.2 Å². The van der Waals surface area contributed by atoms with Gasteiger partial charge in [-0.05, 0) is 0 Å². The van der Waals surface area contributed by atoms with Gasteiger partial charge < -0.3 is 4.74 Å². The van der Waals surface area contributed by atoms with Crippen molar-refractivity contribution in [2.45, 2.75) is 5.16 Å². The Labute approximate surface area is 80.9 Å². The van der Waals surface area contributed by atoms with E-state index in [0.29, 0.717) is 6.61 Å². The number of hydrogen-bond acceptors (Lipinski definition) is 5. The minimum Gasteiger partial charge on any atom is -0.380 e. The summed E-state index contributed by atoms with van der Waals surface area (Å²) in [6.07, 6.45) is 1.50. The van der Waals surface area contributed by atoms with Crippen LogP contribution in [0.3, 0.4) is 0 Å². The normalized spacial score (nSPS) is 10.4. The number of hydrogen-bond donors (Lipinski definition) is 2. The van der Waals surface area contributed by atoms with Gasteiger partial charge in [0.1, 0.15) is 6.33 Å². The molecule has 0 saturated carbocycles. The Morgan fingerprint density at radius 1 is 1.58 bits per heavy atom. The first-order chi connectivity index (χ1) is 5.93. The van der Waals surface area contributed by atoms with Gasteiger partial charge in [-0.3, -0.25) is 5.10 Å². The van der Waals surface area contributed by atoms with E-state index in [2.05, 4.69) is 27.8 Å². The van der Waals surface area contributed by atoms with Crippen LogP contribution in [0.15, 0.2) is 11.5 Å². The Kier molecular flexibility index (Phi) is 5.21. The van der Waals surface area contributed by atoms with Crippen LogP contribution >= 0.6 is 24.4 Å². The molecule has 12 heavy (non-hydrogen) atoms. The first-order valence-electron chi connectivity index (χ1n) is 3.60. The molecular weight excluding hydrogens is 194 g/mol. The lowest BCUT2D eigenvalue weighted by Gasteiger charge is -1.99. The van der Waals surface area contributed by atoms with Crippen LogP contribution in [0.2, 0.25) is 0 Å². The molecule has 0 amide bonds. The van der Waals surface area contributed by atoms with Crippen LogP contribution in [0.4, 0.5) is 0 Å². The van der Waals surface area contributed by atoms with Crippen molar-refractivity contribution < 1.29 is 4.74 Å². The van der Waals surface area contributed by atoms with Gasteiger partial charge in [-0.15, -0.1) is 0 Å². The highest BCUT2D eigenvalue weighted by Crippen LogP contribution is 2.09. The molecule has 0 aliphatic heterocycles. The van der Waals surface area contributed by atoms with Gasteiger partial charge in [-0.25, -0.2) is 4.98 Å². The number of aromatic amines is 1. The van der Waals surface area contributed by atoms with Gasteiger partial charge in [-0.1, -0.05) is 11.8 Å². The SMILES string of the molecule is SCCOCCSc1ncn[nH]1. The van der Waals surface area contributed by atoms with Gasteiger partial charge >= 0.3 is 0 Å². The molecule has 0 fully saturated rings. The summed E-state index contributed by atoms with van der Waals surface area (Å²) in [5, 5.41) is 7.32. The molecule has 1 aromatic heterocycles. The molecule has 1 rings (SSSR count). The summed E-state index contributed by atoms with van der Waals surface area (Å²) in [5.74, 6) is 1.66. The van der Waals surface area contributed by atoms with Crippen LogP contribution in [0.25, 0.3) is 0 Å². The van der Waals surface area contributed by atoms with Crippen LogP contribution in [-0.2, 0) is 4.74 Å². The molecule has 1 N–H and O–H groups in total. The van der Waals surface area contributed by atoms with E-state index in [0.717, 1.165) is 23.3 Å². The second-order valence-electron chi connectivity index (χ2n) is 1.98. The Hall–Kier alpha value is -0.200. The number of thioether (sulfide) groups is 1. The third kappa shape index (κ3) is 3.99. The lowest BCUT2D eigenvalue weighted by atomic mass is 10.8. The minimum absolute atomic E-state index is 0.708. The first-order valence-corrected chi connectivity index (χ1v) is 5.22. The molecule has 1 aromatic rings. The zero-order valence-corrected chi connectivity index (χ0v) is 8.27. The van der Waals surface area contributed by atoms with E-state index < -0.39 is 0 Å². The van der Waals surface area contributed by atoms with E-state index in [1.54, 1.807) is 11.8 Å². The zero-order valence-electron chi connectivity index (χ0n) is 6.56. The maximum Gasteiger partial charge on any atom is 0.183 e. The number of nitrogens with one attached hydrogen (secondary N) is 1. The summed E-state index contributed by atoms with van der Waals surface area (Å²) < 4.78 is 5.22. The molecule has 0 aliphatic rings. The van der Waals surface area contributed by atoms with Crippen molar-refractivity contribution in [3.05, 3.63) is 6.33 Å². The average Bonchev–Trinajstić information content (AvgIpc) is 2.57. The maximum atomic E-state index is 5.22. The van der Waals surface area contributed by atoms with Crippen LogP contribution in [0.5, 0.6) is 0 Å². The Balaban J connectivity index is 1.96. The highest BCUT2D eigenvalue weighted by Gasteiger charge is 1.94. The molecular formula is C6H11N3OS2. The van der Waals surface area contributed by atoms with Crippen LogP contribution in [0, 0.1) is 0 Å². The minimum atomic E-state index is 0.708. The van der Waals surface area contributed by atoms with Crippen molar-refractivity contribution in [2.24, 2.45) is 0 Å².